The third-order valence-electron chi connectivity index (χ3n) is 2.73. The van der Waals surface area contributed by atoms with Crippen LogP contribution in [0.4, 0.5) is 0 Å². The molecule has 1 unspecified atom stereocenters. The minimum atomic E-state index is -0.773. The molecule has 1 atom stereocenters. The molecule has 0 saturated carbocycles. The molecule has 2 aromatic rings. The summed E-state index contributed by atoms with van der Waals surface area (Å²) in [6.07, 6.45) is 0.807. The molecule has 0 fully saturated rings. The lowest BCUT2D eigenvalue weighted by Crippen LogP contribution is -2.01. The van der Waals surface area contributed by atoms with E-state index in [2.05, 4.69) is 15.9 Å². The van der Waals surface area contributed by atoms with Crippen molar-refractivity contribution in [3.63, 3.8) is 0 Å². The summed E-state index contributed by atoms with van der Waals surface area (Å²) in [5.41, 5.74) is 1.69. The van der Waals surface area contributed by atoms with E-state index in [-0.39, 0.29) is 0 Å². The molecule has 2 rings (SSSR count). The highest BCUT2D eigenvalue weighted by molar-refractivity contribution is 9.10. The Kier molecular flexibility index (Phi) is 4.09. The van der Waals surface area contributed by atoms with Gasteiger partial charge >= 0.3 is 0 Å². The molecule has 0 aliphatic carbocycles. The van der Waals surface area contributed by atoms with Crippen LogP contribution >= 0.6 is 15.9 Å². The quantitative estimate of drug-likeness (QED) is 0.933. The van der Waals surface area contributed by atoms with Gasteiger partial charge in [-0.1, -0.05) is 22.0 Å². The standard InChI is InChI=1S/C14H15BrO3/c1-3-17-10-4-5-11(12(15)8-10)13(16)14-9(2)6-7-18-14/h4-8,13,16H,3H2,1-2H3. The fourth-order valence-corrected chi connectivity index (χ4v) is 2.37. The van der Waals surface area contributed by atoms with Crippen LogP contribution in [-0.4, -0.2) is 11.7 Å². The number of hydrogen-bond donors (Lipinski definition) is 1. The van der Waals surface area contributed by atoms with Gasteiger partial charge in [0, 0.05) is 10.0 Å². The number of aliphatic hydroxyl groups excluding tert-OH is 1. The van der Waals surface area contributed by atoms with Crippen LogP contribution in [0.5, 0.6) is 5.75 Å². The number of hydrogen-bond acceptors (Lipinski definition) is 3. The molecule has 4 heteroatoms. The molecule has 0 bridgehead atoms. The summed E-state index contributed by atoms with van der Waals surface area (Å²) in [4.78, 5) is 0. The summed E-state index contributed by atoms with van der Waals surface area (Å²) >= 11 is 3.45. The Bertz CT molecular complexity index is 534. The van der Waals surface area contributed by atoms with Gasteiger partial charge in [-0.25, -0.2) is 0 Å². The molecule has 3 nitrogen and oxygen atoms in total. The SMILES string of the molecule is CCOc1ccc(C(O)c2occc2C)c(Br)c1. The molecule has 18 heavy (non-hydrogen) atoms. The lowest BCUT2D eigenvalue weighted by Gasteiger charge is -2.13. The molecule has 0 radical (unpaired) electrons. The fourth-order valence-electron chi connectivity index (χ4n) is 1.79. The second-order valence-corrected chi connectivity index (χ2v) is 4.84. The van der Waals surface area contributed by atoms with E-state index in [0.29, 0.717) is 12.4 Å². The first-order chi connectivity index (χ1) is 8.63. The first-order valence-electron chi connectivity index (χ1n) is 5.77. The molecule has 0 spiro atoms. The van der Waals surface area contributed by atoms with E-state index >= 15 is 0 Å². The predicted octanol–water partition coefficient (Wildman–Crippen LogP) is 3.83. The maximum atomic E-state index is 10.3. The zero-order valence-electron chi connectivity index (χ0n) is 10.3. The highest BCUT2D eigenvalue weighted by Gasteiger charge is 2.19. The Labute approximate surface area is 115 Å². The third-order valence-corrected chi connectivity index (χ3v) is 3.41. The van der Waals surface area contributed by atoms with Gasteiger partial charge in [0.25, 0.3) is 0 Å². The van der Waals surface area contributed by atoms with Crippen molar-refractivity contribution in [1.82, 2.24) is 0 Å². The largest absolute Gasteiger partial charge is 0.494 e. The highest BCUT2D eigenvalue weighted by Crippen LogP contribution is 2.32. The predicted molar refractivity (Wildman–Crippen MR) is 72.8 cm³/mol. The number of rotatable bonds is 4. The van der Waals surface area contributed by atoms with Crippen LogP contribution in [0.1, 0.15) is 29.9 Å². The van der Waals surface area contributed by atoms with Crippen LogP contribution in [-0.2, 0) is 0 Å². The second kappa shape index (κ2) is 5.59. The Morgan fingerprint density at radius 2 is 2.17 bits per heavy atom. The van der Waals surface area contributed by atoms with Crippen molar-refractivity contribution in [2.45, 2.75) is 20.0 Å². The number of ether oxygens (including phenoxy) is 1. The smallest absolute Gasteiger partial charge is 0.139 e. The van der Waals surface area contributed by atoms with Crippen molar-refractivity contribution >= 4 is 15.9 Å². The van der Waals surface area contributed by atoms with Gasteiger partial charge in [-0.3, -0.25) is 0 Å². The van der Waals surface area contributed by atoms with E-state index in [9.17, 15) is 5.11 Å². The molecule has 0 amide bonds. The molecule has 1 aromatic heterocycles. The molecule has 0 aliphatic heterocycles. The topological polar surface area (TPSA) is 42.6 Å². The Balaban J connectivity index is 2.31. The first kappa shape index (κ1) is 13.2. The Morgan fingerprint density at radius 3 is 2.72 bits per heavy atom. The molecule has 1 heterocycles. The van der Waals surface area contributed by atoms with Crippen molar-refractivity contribution in [3.8, 4) is 5.75 Å². The highest BCUT2D eigenvalue weighted by atomic mass is 79.9. The Hall–Kier alpha value is -1.26. The Morgan fingerprint density at radius 1 is 1.39 bits per heavy atom. The van der Waals surface area contributed by atoms with E-state index in [4.69, 9.17) is 9.15 Å². The van der Waals surface area contributed by atoms with Crippen molar-refractivity contribution in [2.24, 2.45) is 0 Å². The van der Waals surface area contributed by atoms with Gasteiger partial charge in [-0.05, 0) is 37.6 Å². The van der Waals surface area contributed by atoms with Crippen molar-refractivity contribution < 1.29 is 14.3 Å². The molecule has 0 aliphatic rings. The van der Waals surface area contributed by atoms with E-state index in [1.807, 2.05) is 38.1 Å². The number of aliphatic hydroxyl groups is 1. The van der Waals surface area contributed by atoms with Crippen LogP contribution in [0, 0.1) is 6.92 Å². The summed E-state index contributed by atoms with van der Waals surface area (Å²) in [7, 11) is 0. The van der Waals surface area contributed by atoms with Crippen LogP contribution in [0.3, 0.4) is 0 Å². The molecule has 0 saturated heterocycles. The number of aryl methyl sites for hydroxylation is 1. The second-order valence-electron chi connectivity index (χ2n) is 3.99. The van der Waals surface area contributed by atoms with Gasteiger partial charge in [0.2, 0.25) is 0 Å². The van der Waals surface area contributed by atoms with E-state index < -0.39 is 6.10 Å². The summed E-state index contributed by atoms with van der Waals surface area (Å²) < 4.78 is 11.5. The number of benzene rings is 1. The van der Waals surface area contributed by atoms with Gasteiger partial charge in [0.1, 0.15) is 17.6 Å². The zero-order chi connectivity index (χ0) is 13.1. The average Bonchev–Trinajstić information content (AvgIpc) is 2.75. The maximum Gasteiger partial charge on any atom is 0.139 e. The minimum Gasteiger partial charge on any atom is -0.494 e. The number of halogens is 1. The lowest BCUT2D eigenvalue weighted by molar-refractivity contribution is 0.187. The van der Waals surface area contributed by atoms with Gasteiger partial charge in [0.15, 0.2) is 0 Å². The fraction of sp³-hybridized carbons (Fsp3) is 0.286. The van der Waals surface area contributed by atoms with E-state index in [0.717, 1.165) is 21.3 Å². The van der Waals surface area contributed by atoms with Gasteiger partial charge in [0.05, 0.1) is 12.9 Å². The summed E-state index contributed by atoms with van der Waals surface area (Å²) in [6, 6.07) is 7.36. The lowest BCUT2D eigenvalue weighted by atomic mass is 10.0. The normalized spacial score (nSPS) is 12.4. The van der Waals surface area contributed by atoms with Crippen molar-refractivity contribution in [3.05, 3.63) is 51.9 Å². The molecule has 96 valence electrons. The molecule has 1 N–H and O–H groups in total. The van der Waals surface area contributed by atoms with Crippen molar-refractivity contribution in [1.29, 1.82) is 0 Å². The van der Waals surface area contributed by atoms with E-state index in [1.165, 1.54) is 0 Å². The molecule has 1 aromatic carbocycles. The van der Waals surface area contributed by atoms with Gasteiger partial charge < -0.3 is 14.3 Å². The average molecular weight is 311 g/mol. The van der Waals surface area contributed by atoms with Crippen LogP contribution in [0.15, 0.2) is 39.4 Å². The third kappa shape index (κ3) is 2.60. The summed E-state index contributed by atoms with van der Waals surface area (Å²) in [5, 5.41) is 10.3. The van der Waals surface area contributed by atoms with Crippen LogP contribution < -0.4 is 4.74 Å². The van der Waals surface area contributed by atoms with Gasteiger partial charge in [-0.15, -0.1) is 0 Å². The van der Waals surface area contributed by atoms with E-state index in [1.54, 1.807) is 6.26 Å². The molecular weight excluding hydrogens is 296 g/mol. The summed E-state index contributed by atoms with van der Waals surface area (Å²) in [5.74, 6) is 1.34. The molecular formula is C14H15BrO3. The number of furan rings is 1. The minimum absolute atomic E-state index is 0.569. The van der Waals surface area contributed by atoms with Crippen LogP contribution in [0.2, 0.25) is 0 Å². The monoisotopic (exact) mass is 310 g/mol. The first-order valence-corrected chi connectivity index (χ1v) is 6.57. The van der Waals surface area contributed by atoms with Crippen LogP contribution in [0.25, 0.3) is 0 Å². The maximum absolute atomic E-state index is 10.3. The van der Waals surface area contributed by atoms with Gasteiger partial charge in [-0.2, -0.15) is 0 Å². The zero-order valence-corrected chi connectivity index (χ0v) is 11.9. The van der Waals surface area contributed by atoms with Crippen molar-refractivity contribution in [2.75, 3.05) is 6.61 Å². The summed E-state index contributed by atoms with van der Waals surface area (Å²) in [6.45, 7) is 4.46.